The van der Waals surface area contributed by atoms with Crippen molar-refractivity contribution in [1.82, 2.24) is 5.32 Å². The third-order valence-electron chi connectivity index (χ3n) is 2.46. The van der Waals surface area contributed by atoms with E-state index in [0.29, 0.717) is 43.1 Å². The molecule has 0 aliphatic carbocycles. The van der Waals surface area contributed by atoms with Gasteiger partial charge in [-0.25, -0.2) is 0 Å². The summed E-state index contributed by atoms with van der Waals surface area (Å²) < 4.78 is 11.0. The van der Waals surface area contributed by atoms with Crippen LogP contribution in [0.15, 0.2) is 18.2 Å². The fourth-order valence-corrected chi connectivity index (χ4v) is 1.51. The first-order valence-corrected chi connectivity index (χ1v) is 6.21. The van der Waals surface area contributed by atoms with E-state index in [2.05, 4.69) is 11.4 Å². The van der Waals surface area contributed by atoms with Crippen molar-refractivity contribution >= 4 is 5.91 Å². The van der Waals surface area contributed by atoms with Crippen LogP contribution >= 0.6 is 0 Å². The van der Waals surface area contributed by atoms with Gasteiger partial charge < -0.3 is 14.8 Å². The minimum absolute atomic E-state index is 0.00606. The molecule has 1 aromatic carbocycles. The van der Waals surface area contributed by atoms with Gasteiger partial charge in [0.25, 0.3) is 0 Å². The van der Waals surface area contributed by atoms with Gasteiger partial charge in [0.15, 0.2) is 11.5 Å². The van der Waals surface area contributed by atoms with Gasteiger partial charge in [0.1, 0.15) is 0 Å². The predicted molar refractivity (Wildman–Crippen MR) is 71.1 cm³/mol. The minimum atomic E-state index is -0.00606. The normalized spacial score (nSPS) is 9.53. The molecule has 0 bridgehead atoms. The average molecular weight is 262 g/mol. The van der Waals surface area contributed by atoms with Crippen molar-refractivity contribution in [3.05, 3.63) is 23.8 Å². The Balaban J connectivity index is 2.57. The molecule has 0 saturated heterocycles. The van der Waals surface area contributed by atoms with E-state index in [0.717, 1.165) is 0 Å². The van der Waals surface area contributed by atoms with Crippen LogP contribution < -0.4 is 14.8 Å². The molecular formula is C14H18N2O3. The summed E-state index contributed by atoms with van der Waals surface area (Å²) in [6, 6.07) is 7.09. The van der Waals surface area contributed by atoms with Gasteiger partial charge in [0.2, 0.25) is 5.91 Å². The molecule has 0 radical (unpaired) electrons. The lowest BCUT2D eigenvalue weighted by Gasteiger charge is -2.11. The number of nitriles is 1. The fourth-order valence-electron chi connectivity index (χ4n) is 1.51. The summed E-state index contributed by atoms with van der Waals surface area (Å²) in [4.78, 5) is 11.0. The Morgan fingerprint density at radius 2 is 2.16 bits per heavy atom. The van der Waals surface area contributed by atoms with Crippen LogP contribution in [-0.4, -0.2) is 26.2 Å². The first-order valence-electron chi connectivity index (χ1n) is 6.21. The monoisotopic (exact) mass is 262 g/mol. The summed E-state index contributed by atoms with van der Waals surface area (Å²) in [6.07, 6.45) is 1.06. The van der Waals surface area contributed by atoms with Gasteiger partial charge in [-0.05, 0) is 25.5 Å². The number of nitrogens with zero attached hydrogens (tertiary/aromatic N) is 1. The molecule has 0 atom stereocenters. The van der Waals surface area contributed by atoms with Gasteiger partial charge in [-0.2, -0.15) is 5.26 Å². The van der Waals surface area contributed by atoms with Crippen molar-refractivity contribution in [3.63, 3.8) is 0 Å². The molecule has 0 heterocycles. The van der Waals surface area contributed by atoms with Gasteiger partial charge in [-0.1, -0.05) is 0 Å². The van der Waals surface area contributed by atoms with Crippen molar-refractivity contribution in [3.8, 4) is 17.6 Å². The van der Waals surface area contributed by atoms with Gasteiger partial charge in [0.05, 0.1) is 24.8 Å². The lowest BCUT2D eigenvalue weighted by atomic mass is 10.2. The van der Waals surface area contributed by atoms with Gasteiger partial charge >= 0.3 is 0 Å². The fraction of sp³-hybridized carbons (Fsp3) is 0.429. The molecule has 0 spiro atoms. The average Bonchev–Trinajstić information content (AvgIpc) is 2.44. The predicted octanol–water partition coefficient (Wildman–Crippen LogP) is 1.86. The zero-order chi connectivity index (χ0) is 14.1. The smallest absolute Gasteiger partial charge is 0.219 e. The number of hydrogen-bond acceptors (Lipinski definition) is 4. The molecule has 5 heteroatoms. The first kappa shape index (κ1) is 14.8. The molecule has 0 saturated carbocycles. The topological polar surface area (TPSA) is 71.3 Å². The third kappa shape index (κ3) is 4.88. The highest BCUT2D eigenvalue weighted by molar-refractivity contribution is 5.75. The molecule has 1 rings (SSSR count). The Morgan fingerprint density at radius 1 is 1.37 bits per heavy atom. The molecule has 0 aliphatic rings. The summed E-state index contributed by atoms with van der Waals surface area (Å²) >= 11 is 0. The molecular weight excluding hydrogens is 244 g/mol. The number of carbonyl (C=O) groups is 1. The van der Waals surface area contributed by atoms with Gasteiger partial charge in [-0.3, -0.25) is 4.79 Å². The Labute approximate surface area is 113 Å². The quantitative estimate of drug-likeness (QED) is 0.761. The second-order valence-corrected chi connectivity index (χ2v) is 3.83. The number of nitrogens with one attached hydrogen (secondary N) is 1. The number of amides is 1. The van der Waals surface area contributed by atoms with E-state index < -0.39 is 0 Å². The Bertz CT molecular complexity index is 466. The molecule has 1 aromatic rings. The standard InChI is InChI=1S/C14H18N2O3/c1-3-18-13-9-11(10-15)6-7-12(13)19-8-4-5-14(17)16-2/h6-7,9H,3-5,8H2,1-2H3,(H,16,17). The summed E-state index contributed by atoms with van der Waals surface area (Å²) in [5, 5.41) is 11.4. The summed E-state index contributed by atoms with van der Waals surface area (Å²) in [5.41, 5.74) is 0.529. The number of rotatable bonds is 7. The van der Waals surface area contributed by atoms with Crippen LogP contribution in [0.1, 0.15) is 25.3 Å². The maximum absolute atomic E-state index is 11.0. The largest absolute Gasteiger partial charge is 0.490 e. The van der Waals surface area contributed by atoms with Gasteiger partial charge in [-0.15, -0.1) is 0 Å². The molecule has 0 unspecified atom stereocenters. The molecule has 0 aromatic heterocycles. The summed E-state index contributed by atoms with van der Waals surface area (Å²) in [6.45, 7) is 2.80. The third-order valence-corrected chi connectivity index (χ3v) is 2.46. The van der Waals surface area contributed by atoms with E-state index in [4.69, 9.17) is 14.7 Å². The second-order valence-electron chi connectivity index (χ2n) is 3.83. The van der Waals surface area contributed by atoms with Crippen molar-refractivity contribution < 1.29 is 14.3 Å². The molecule has 5 nitrogen and oxygen atoms in total. The lowest BCUT2D eigenvalue weighted by molar-refractivity contribution is -0.120. The lowest BCUT2D eigenvalue weighted by Crippen LogP contribution is -2.18. The Kier molecular flexibility index (Phi) is 6.23. The molecule has 0 fully saturated rings. The molecule has 102 valence electrons. The number of ether oxygens (including phenoxy) is 2. The summed E-state index contributed by atoms with van der Waals surface area (Å²) in [5.74, 6) is 1.15. The van der Waals surface area contributed by atoms with Crippen molar-refractivity contribution in [1.29, 1.82) is 5.26 Å². The molecule has 1 N–H and O–H groups in total. The molecule has 1 amide bonds. The maximum atomic E-state index is 11.0. The van der Waals surface area contributed by atoms with E-state index in [-0.39, 0.29) is 5.91 Å². The minimum Gasteiger partial charge on any atom is -0.490 e. The first-order chi connectivity index (χ1) is 9.21. The highest BCUT2D eigenvalue weighted by Crippen LogP contribution is 2.28. The Hall–Kier alpha value is -2.22. The van der Waals surface area contributed by atoms with E-state index in [1.165, 1.54) is 0 Å². The van der Waals surface area contributed by atoms with Crippen LogP contribution in [0.3, 0.4) is 0 Å². The Morgan fingerprint density at radius 3 is 2.79 bits per heavy atom. The van der Waals surface area contributed by atoms with E-state index >= 15 is 0 Å². The van der Waals surface area contributed by atoms with Crippen molar-refractivity contribution in [2.24, 2.45) is 0 Å². The second kappa shape index (κ2) is 7.98. The van der Waals surface area contributed by atoms with Crippen LogP contribution in [0, 0.1) is 11.3 Å². The zero-order valence-corrected chi connectivity index (χ0v) is 11.2. The SMILES string of the molecule is CCOc1cc(C#N)ccc1OCCCC(=O)NC. The van der Waals surface area contributed by atoms with E-state index in [1.807, 2.05) is 6.92 Å². The maximum Gasteiger partial charge on any atom is 0.219 e. The van der Waals surface area contributed by atoms with Crippen molar-refractivity contribution in [2.45, 2.75) is 19.8 Å². The zero-order valence-electron chi connectivity index (χ0n) is 11.2. The van der Waals surface area contributed by atoms with Gasteiger partial charge in [0, 0.05) is 19.5 Å². The summed E-state index contributed by atoms with van der Waals surface area (Å²) in [7, 11) is 1.61. The van der Waals surface area contributed by atoms with Crippen molar-refractivity contribution in [2.75, 3.05) is 20.3 Å². The van der Waals surface area contributed by atoms with Crippen LogP contribution in [-0.2, 0) is 4.79 Å². The number of hydrogen-bond donors (Lipinski definition) is 1. The number of benzene rings is 1. The molecule has 0 aliphatic heterocycles. The molecule has 19 heavy (non-hydrogen) atoms. The van der Waals surface area contributed by atoms with E-state index in [1.54, 1.807) is 25.2 Å². The van der Waals surface area contributed by atoms with Crippen LogP contribution in [0.4, 0.5) is 0 Å². The van der Waals surface area contributed by atoms with Crippen LogP contribution in [0.5, 0.6) is 11.5 Å². The van der Waals surface area contributed by atoms with E-state index in [9.17, 15) is 4.79 Å². The highest BCUT2D eigenvalue weighted by atomic mass is 16.5. The van der Waals surface area contributed by atoms with Crippen LogP contribution in [0.25, 0.3) is 0 Å². The number of carbonyl (C=O) groups excluding carboxylic acids is 1. The van der Waals surface area contributed by atoms with Crippen LogP contribution in [0.2, 0.25) is 0 Å². The highest BCUT2D eigenvalue weighted by Gasteiger charge is 2.06.